The largest absolute Gasteiger partial charge is 0.702 e. The van der Waals surface area contributed by atoms with Gasteiger partial charge in [-0.15, -0.1) is 0 Å². The third-order valence-corrected chi connectivity index (χ3v) is 2.50. The zero-order valence-electron chi connectivity index (χ0n) is 7.18. The number of hydrogen-bond donors (Lipinski definition) is 0. The van der Waals surface area contributed by atoms with Crippen LogP contribution in [-0.2, 0) is 20.6 Å². The first-order chi connectivity index (χ1) is 6.41. The van der Waals surface area contributed by atoms with Crippen molar-refractivity contribution in [2.45, 2.75) is 6.61 Å². The van der Waals surface area contributed by atoms with Crippen LogP contribution in [0, 0.1) is 0 Å². The van der Waals surface area contributed by atoms with Crippen LogP contribution in [0.25, 0.3) is 0 Å². The topological polar surface area (TPSA) is 31.6 Å². The number of nitrogens with zero attached hydrogens (tertiary/aromatic N) is 1. The lowest BCUT2D eigenvalue weighted by Crippen LogP contribution is -2.65. The highest BCUT2D eigenvalue weighted by molar-refractivity contribution is 6.52. The molecule has 13 heavy (non-hydrogen) atoms. The molecule has 5 heteroatoms. The highest BCUT2D eigenvalue weighted by Crippen LogP contribution is 2.19. The molecule has 0 amide bonds. The Labute approximate surface area is 76.1 Å². The number of hydrogen-bond acceptors (Lipinski definition) is 3. The number of aromatic nitrogens is 1. The Morgan fingerprint density at radius 1 is 1.15 bits per heavy atom. The SMILES string of the molecule is c1cc[n+]2c(c1)CO[B-]21OCCO1. The summed E-state index contributed by atoms with van der Waals surface area (Å²) >= 11 is 0. The first-order valence-corrected chi connectivity index (χ1v) is 4.46. The van der Waals surface area contributed by atoms with Crippen LogP contribution in [0.15, 0.2) is 24.4 Å². The van der Waals surface area contributed by atoms with Gasteiger partial charge in [-0.3, -0.25) is 0 Å². The van der Waals surface area contributed by atoms with Gasteiger partial charge in [0.05, 0.1) is 6.61 Å². The van der Waals surface area contributed by atoms with Gasteiger partial charge in [0.2, 0.25) is 0 Å². The van der Waals surface area contributed by atoms with E-state index in [9.17, 15) is 0 Å². The average molecular weight is 179 g/mol. The Kier molecular flexibility index (Phi) is 1.46. The summed E-state index contributed by atoms with van der Waals surface area (Å²) < 4.78 is 18.5. The molecule has 1 aromatic heterocycles. The summed E-state index contributed by atoms with van der Waals surface area (Å²) in [6.45, 7) is 0.153. The second-order valence-electron chi connectivity index (χ2n) is 3.26. The minimum atomic E-state index is -1.64. The molecule has 0 aromatic carbocycles. The third-order valence-electron chi connectivity index (χ3n) is 2.50. The molecule has 3 heterocycles. The molecule has 0 atom stereocenters. The number of fused-ring (bicyclic) bond motifs is 2. The monoisotopic (exact) mass is 179 g/mol. The van der Waals surface area contributed by atoms with Crippen LogP contribution in [-0.4, -0.2) is 20.1 Å². The van der Waals surface area contributed by atoms with E-state index in [0.717, 1.165) is 5.69 Å². The Hall–Kier alpha value is -0.905. The second kappa shape index (κ2) is 2.54. The van der Waals surface area contributed by atoms with E-state index >= 15 is 0 Å². The summed E-state index contributed by atoms with van der Waals surface area (Å²) in [5, 5.41) is 0. The highest BCUT2D eigenvalue weighted by atomic mass is 16.8. The first-order valence-electron chi connectivity index (χ1n) is 4.46. The molecule has 1 saturated heterocycles. The van der Waals surface area contributed by atoms with Crippen molar-refractivity contribution in [3.63, 3.8) is 0 Å². The van der Waals surface area contributed by atoms with Gasteiger partial charge in [0.25, 0.3) is 0 Å². The summed E-state index contributed by atoms with van der Waals surface area (Å²) in [5.74, 6) is 0. The van der Waals surface area contributed by atoms with Gasteiger partial charge in [-0.25, -0.2) is 0 Å². The normalized spacial score (nSPS) is 23.7. The molecule has 2 aliphatic rings. The second-order valence-corrected chi connectivity index (χ2v) is 3.26. The smallest absolute Gasteiger partial charge is 0.475 e. The summed E-state index contributed by atoms with van der Waals surface area (Å²) in [4.78, 5) is 0. The zero-order valence-corrected chi connectivity index (χ0v) is 7.18. The molecule has 2 aliphatic heterocycles. The quantitative estimate of drug-likeness (QED) is 0.518. The van der Waals surface area contributed by atoms with Gasteiger partial charge in [-0.1, -0.05) is 6.07 Å². The summed E-state index contributed by atoms with van der Waals surface area (Å²) in [5.41, 5.74) is 1.10. The van der Waals surface area contributed by atoms with Gasteiger partial charge in [0.15, 0.2) is 5.69 Å². The maximum atomic E-state index is 5.55. The van der Waals surface area contributed by atoms with Crippen LogP contribution in [0.3, 0.4) is 0 Å². The Morgan fingerprint density at radius 2 is 2.00 bits per heavy atom. The molecule has 0 N–H and O–H groups in total. The molecule has 1 aromatic rings. The molecule has 0 bridgehead atoms. The molecule has 0 saturated carbocycles. The van der Waals surface area contributed by atoms with Crippen molar-refractivity contribution in [3.05, 3.63) is 30.1 Å². The lowest BCUT2D eigenvalue weighted by Gasteiger charge is -2.20. The van der Waals surface area contributed by atoms with Crippen LogP contribution in [0.5, 0.6) is 0 Å². The molecule has 1 fully saturated rings. The van der Waals surface area contributed by atoms with E-state index in [1.54, 1.807) is 0 Å². The highest BCUT2D eigenvalue weighted by Gasteiger charge is 2.53. The molecule has 0 aliphatic carbocycles. The Bertz CT molecular complexity index is 338. The van der Waals surface area contributed by atoms with Crippen molar-refractivity contribution in [2.75, 3.05) is 13.2 Å². The predicted molar refractivity (Wildman–Crippen MR) is 44.5 cm³/mol. The molecule has 68 valence electrons. The van der Waals surface area contributed by atoms with Crippen LogP contribution >= 0.6 is 0 Å². The Balaban J connectivity index is 2.11. The molecule has 0 radical (unpaired) electrons. The number of rotatable bonds is 0. The third kappa shape index (κ3) is 0.949. The van der Waals surface area contributed by atoms with Crippen molar-refractivity contribution in [3.8, 4) is 0 Å². The van der Waals surface area contributed by atoms with Gasteiger partial charge in [-0.2, -0.15) is 0 Å². The molecule has 1 spiro atoms. The van der Waals surface area contributed by atoms with E-state index in [2.05, 4.69) is 0 Å². The van der Waals surface area contributed by atoms with Crippen LogP contribution in [0.2, 0.25) is 0 Å². The van der Waals surface area contributed by atoms with Crippen molar-refractivity contribution < 1.29 is 18.4 Å². The van der Waals surface area contributed by atoms with Crippen LogP contribution in [0.1, 0.15) is 5.69 Å². The maximum absolute atomic E-state index is 5.55. The fraction of sp³-hybridized carbons (Fsp3) is 0.375. The van der Waals surface area contributed by atoms with Gasteiger partial charge < -0.3 is 18.4 Å². The van der Waals surface area contributed by atoms with Crippen molar-refractivity contribution in [1.29, 1.82) is 0 Å². The lowest BCUT2D eigenvalue weighted by atomic mass is 9.98. The first kappa shape index (κ1) is 7.49. The number of pyridine rings is 1. The van der Waals surface area contributed by atoms with E-state index in [1.165, 1.54) is 0 Å². The van der Waals surface area contributed by atoms with E-state index < -0.39 is 6.89 Å². The fourth-order valence-corrected chi connectivity index (χ4v) is 1.89. The van der Waals surface area contributed by atoms with E-state index in [0.29, 0.717) is 19.8 Å². The average Bonchev–Trinajstić information content (AvgIpc) is 2.78. The predicted octanol–water partition coefficient (Wildman–Crippen LogP) is -0.165. The van der Waals surface area contributed by atoms with Gasteiger partial charge >= 0.3 is 6.89 Å². The van der Waals surface area contributed by atoms with Gasteiger partial charge in [0.1, 0.15) is 6.20 Å². The van der Waals surface area contributed by atoms with Gasteiger partial charge in [-0.05, 0) is 6.07 Å². The maximum Gasteiger partial charge on any atom is 0.702 e. The molecule has 3 rings (SSSR count). The summed E-state index contributed by atoms with van der Waals surface area (Å²) in [6.07, 6.45) is 1.94. The molecular formula is C8H10BNO3. The lowest BCUT2D eigenvalue weighted by molar-refractivity contribution is -0.581. The van der Waals surface area contributed by atoms with Gasteiger partial charge in [0, 0.05) is 19.3 Å². The van der Waals surface area contributed by atoms with Crippen molar-refractivity contribution in [1.82, 2.24) is 0 Å². The summed E-state index contributed by atoms with van der Waals surface area (Å²) in [7, 11) is 0. The summed E-state index contributed by atoms with van der Waals surface area (Å²) in [6, 6.07) is 5.95. The molecule has 4 nitrogen and oxygen atoms in total. The standard InChI is InChI=1S/C8H10BNO3/c1-2-4-10-8(3-1)7-13-9(10)11-5-6-12-9/h1-4H,5-7H2. The molecular weight excluding hydrogens is 169 g/mol. The minimum Gasteiger partial charge on any atom is -0.475 e. The minimum absolute atomic E-state index is 0.570. The zero-order chi connectivity index (χ0) is 8.73. The van der Waals surface area contributed by atoms with Crippen molar-refractivity contribution >= 4 is 6.89 Å². The fourth-order valence-electron chi connectivity index (χ4n) is 1.89. The van der Waals surface area contributed by atoms with E-state index in [1.807, 2.05) is 28.9 Å². The van der Waals surface area contributed by atoms with Crippen LogP contribution in [0.4, 0.5) is 0 Å². The van der Waals surface area contributed by atoms with Crippen molar-refractivity contribution in [2.24, 2.45) is 0 Å². The van der Waals surface area contributed by atoms with E-state index in [-0.39, 0.29) is 0 Å². The van der Waals surface area contributed by atoms with E-state index in [4.69, 9.17) is 14.0 Å². The molecule has 0 unspecified atom stereocenters. The van der Waals surface area contributed by atoms with Crippen LogP contribution < -0.4 is 4.48 Å². The Morgan fingerprint density at radius 3 is 2.85 bits per heavy atom.